The van der Waals surface area contributed by atoms with Crippen LogP contribution < -0.4 is 5.32 Å². The van der Waals surface area contributed by atoms with E-state index in [9.17, 15) is 9.59 Å². The number of amides is 2. The maximum atomic E-state index is 12.8. The van der Waals surface area contributed by atoms with E-state index in [4.69, 9.17) is 4.74 Å². The van der Waals surface area contributed by atoms with Crippen LogP contribution in [0.2, 0.25) is 0 Å². The SMILES string of the molecule is CCOC(=O)N1CCCC(C(=O)Nc2ccnn2Cc2ccc(C(C)(C)C)cc2)C1. The van der Waals surface area contributed by atoms with Gasteiger partial charge in [0.25, 0.3) is 0 Å². The summed E-state index contributed by atoms with van der Waals surface area (Å²) in [6, 6.07) is 10.3. The van der Waals surface area contributed by atoms with Gasteiger partial charge in [0.1, 0.15) is 5.82 Å². The Bertz CT molecular complexity index is 867. The normalized spacial score (nSPS) is 16.9. The Morgan fingerprint density at radius 2 is 1.93 bits per heavy atom. The van der Waals surface area contributed by atoms with Crippen LogP contribution in [0.25, 0.3) is 0 Å². The van der Waals surface area contributed by atoms with E-state index in [2.05, 4.69) is 55.5 Å². The maximum Gasteiger partial charge on any atom is 0.409 e. The van der Waals surface area contributed by atoms with E-state index in [0.717, 1.165) is 18.4 Å². The largest absolute Gasteiger partial charge is 0.450 e. The Kier molecular flexibility index (Phi) is 6.80. The van der Waals surface area contributed by atoms with E-state index in [-0.39, 0.29) is 23.3 Å². The molecule has 1 aromatic heterocycles. The van der Waals surface area contributed by atoms with Gasteiger partial charge >= 0.3 is 6.09 Å². The Labute approximate surface area is 178 Å². The Hall–Kier alpha value is -2.83. The number of carbonyl (C=O) groups is 2. The molecule has 2 aromatic rings. The summed E-state index contributed by atoms with van der Waals surface area (Å²) in [7, 11) is 0. The molecule has 3 rings (SSSR count). The van der Waals surface area contributed by atoms with Gasteiger partial charge in [-0.2, -0.15) is 5.10 Å². The van der Waals surface area contributed by atoms with Gasteiger partial charge in [-0.05, 0) is 36.3 Å². The molecule has 0 spiro atoms. The molecule has 1 aliphatic rings. The monoisotopic (exact) mass is 412 g/mol. The standard InChI is InChI=1S/C23H32N4O3/c1-5-30-22(29)26-14-6-7-18(16-26)21(28)25-20-12-13-24-27(20)15-17-8-10-19(11-9-17)23(2,3)4/h8-13,18H,5-7,14-16H2,1-4H3,(H,25,28). The van der Waals surface area contributed by atoms with Crippen LogP contribution in [0.3, 0.4) is 0 Å². The van der Waals surface area contributed by atoms with Crippen molar-refractivity contribution >= 4 is 17.8 Å². The molecule has 1 N–H and O–H groups in total. The molecule has 0 radical (unpaired) electrons. The maximum absolute atomic E-state index is 12.8. The number of hydrogen-bond acceptors (Lipinski definition) is 4. The highest BCUT2D eigenvalue weighted by Gasteiger charge is 2.29. The first-order valence-electron chi connectivity index (χ1n) is 10.6. The van der Waals surface area contributed by atoms with Crippen LogP contribution in [0.5, 0.6) is 0 Å². The molecule has 7 nitrogen and oxygen atoms in total. The summed E-state index contributed by atoms with van der Waals surface area (Å²) in [4.78, 5) is 26.4. The summed E-state index contributed by atoms with van der Waals surface area (Å²) in [5.41, 5.74) is 2.51. The first-order chi connectivity index (χ1) is 14.3. The summed E-state index contributed by atoms with van der Waals surface area (Å²) in [6.45, 7) is 10.3. The van der Waals surface area contributed by atoms with Gasteiger partial charge in [0.2, 0.25) is 5.91 Å². The topological polar surface area (TPSA) is 76.5 Å². The number of benzene rings is 1. The minimum atomic E-state index is -0.348. The third-order valence-corrected chi connectivity index (χ3v) is 5.44. The van der Waals surface area contributed by atoms with Crippen molar-refractivity contribution in [3.8, 4) is 0 Å². The summed E-state index contributed by atoms with van der Waals surface area (Å²) in [5.74, 6) is 0.319. The fourth-order valence-corrected chi connectivity index (χ4v) is 3.65. The van der Waals surface area contributed by atoms with Crippen LogP contribution >= 0.6 is 0 Å². The van der Waals surface area contributed by atoms with Crippen molar-refractivity contribution in [1.29, 1.82) is 0 Å². The van der Waals surface area contributed by atoms with Crippen LogP contribution in [0.1, 0.15) is 51.7 Å². The smallest absolute Gasteiger partial charge is 0.409 e. The van der Waals surface area contributed by atoms with Gasteiger partial charge in [-0.25, -0.2) is 9.48 Å². The van der Waals surface area contributed by atoms with Gasteiger partial charge in [-0.15, -0.1) is 0 Å². The molecular formula is C23H32N4O3. The lowest BCUT2D eigenvalue weighted by atomic mass is 9.87. The molecule has 0 bridgehead atoms. The summed E-state index contributed by atoms with van der Waals surface area (Å²) in [5, 5.41) is 7.36. The molecule has 2 heterocycles. The van der Waals surface area contributed by atoms with Crippen LogP contribution in [0.4, 0.5) is 10.6 Å². The fraction of sp³-hybridized carbons (Fsp3) is 0.522. The first-order valence-corrected chi connectivity index (χ1v) is 10.6. The van der Waals surface area contributed by atoms with Gasteiger partial charge in [-0.3, -0.25) is 4.79 Å². The predicted molar refractivity (Wildman–Crippen MR) is 116 cm³/mol. The number of nitrogens with one attached hydrogen (secondary N) is 1. The van der Waals surface area contributed by atoms with Crippen molar-refractivity contribution in [2.45, 2.75) is 52.5 Å². The third-order valence-electron chi connectivity index (χ3n) is 5.44. The van der Waals surface area contributed by atoms with Crippen molar-refractivity contribution in [3.05, 3.63) is 47.7 Å². The minimum Gasteiger partial charge on any atom is -0.450 e. The minimum absolute atomic E-state index is 0.0890. The van der Waals surface area contributed by atoms with Crippen LogP contribution in [-0.4, -0.2) is 46.4 Å². The quantitative estimate of drug-likeness (QED) is 0.804. The second kappa shape index (κ2) is 9.32. The second-order valence-electron chi connectivity index (χ2n) is 8.79. The zero-order valence-electron chi connectivity index (χ0n) is 18.4. The summed E-state index contributed by atoms with van der Waals surface area (Å²) in [6.07, 6.45) is 2.88. The number of hydrogen-bond donors (Lipinski definition) is 1. The molecule has 0 aliphatic carbocycles. The van der Waals surface area contributed by atoms with E-state index < -0.39 is 0 Å². The Morgan fingerprint density at radius 3 is 2.60 bits per heavy atom. The van der Waals surface area contributed by atoms with E-state index in [1.165, 1.54) is 5.56 Å². The van der Waals surface area contributed by atoms with Gasteiger partial charge in [0.15, 0.2) is 0 Å². The second-order valence-corrected chi connectivity index (χ2v) is 8.79. The summed E-state index contributed by atoms with van der Waals surface area (Å²) >= 11 is 0. The van der Waals surface area contributed by atoms with Crippen molar-refractivity contribution in [1.82, 2.24) is 14.7 Å². The lowest BCUT2D eigenvalue weighted by molar-refractivity contribution is -0.121. The first kappa shape index (κ1) is 21.9. The molecule has 1 unspecified atom stereocenters. The molecule has 1 atom stereocenters. The van der Waals surface area contributed by atoms with Crippen molar-refractivity contribution in [3.63, 3.8) is 0 Å². The number of piperidine rings is 1. The number of nitrogens with zero attached hydrogens (tertiary/aromatic N) is 3. The molecule has 162 valence electrons. The van der Waals surface area contributed by atoms with Crippen molar-refractivity contribution < 1.29 is 14.3 Å². The molecule has 30 heavy (non-hydrogen) atoms. The predicted octanol–water partition coefficient (Wildman–Crippen LogP) is 4.04. The molecule has 1 aliphatic heterocycles. The molecule has 1 saturated heterocycles. The number of ether oxygens (including phenoxy) is 1. The molecule has 0 saturated carbocycles. The molecule has 1 fully saturated rings. The van der Waals surface area contributed by atoms with E-state index in [0.29, 0.717) is 32.1 Å². The zero-order valence-corrected chi connectivity index (χ0v) is 18.4. The average molecular weight is 413 g/mol. The van der Waals surface area contributed by atoms with Gasteiger partial charge in [-0.1, -0.05) is 45.0 Å². The highest BCUT2D eigenvalue weighted by atomic mass is 16.6. The molecular weight excluding hydrogens is 380 g/mol. The molecule has 1 aromatic carbocycles. The Balaban J connectivity index is 1.62. The molecule has 7 heteroatoms. The highest BCUT2D eigenvalue weighted by Crippen LogP contribution is 2.23. The van der Waals surface area contributed by atoms with E-state index >= 15 is 0 Å². The van der Waals surface area contributed by atoms with Gasteiger partial charge in [0, 0.05) is 19.2 Å². The third kappa shape index (κ3) is 5.40. The van der Waals surface area contributed by atoms with Crippen molar-refractivity contribution in [2.75, 3.05) is 25.0 Å². The number of likely N-dealkylation sites (tertiary alicyclic amines) is 1. The van der Waals surface area contributed by atoms with Crippen LogP contribution in [-0.2, 0) is 21.5 Å². The number of anilines is 1. The Morgan fingerprint density at radius 1 is 1.20 bits per heavy atom. The number of aromatic nitrogens is 2. The average Bonchev–Trinajstić information content (AvgIpc) is 3.14. The van der Waals surface area contributed by atoms with E-state index in [1.54, 1.807) is 28.8 Å². The lowest BCUT2D eigenvalue weighted by Crippen LogP contribution is -2.44. The van der Waals surface area contributed by atoms with Crippen LogP contribution in [0, 0.1) is 5.92 Å². The van der Waals surface area contributed by atoms with Gasteiger partial charge < -0.3 is 15.0 Å². The van der Waals surface area contributed by atoms with Crippen LogP contribution in [0.15, 0.2) is 36.5 Å². The lowest BCUT2D eigenvalue weighted by Gasteiger charge is -2.31. The van der Waals surface area contributed by atoms with Crippen molar-refractivity contribution in [2.24, 2.45) is 5.92 Å². The number of rotatable bonds is 5. The fourth-order valence-electron chi connectivity index (χ4n) is 3.65. The summed E-state index contributed by atoms with van der Waals surface area (Å²) < 4.78 is 6.86. The number of carbonyl (C=O) groups excluding carboxylic acids is 2. The van der Waals surface area contributed by atoms with E-state index in [1.807, 2.05) is 0 Å². The van der Waals surface area contributed by atoms with Gasteiger partial charge in [0.05, 0.1) is 25.3 Å². The highest BCUT2D eigenvalue weighted by molar-refractivity contribution is 5.92. The zero-order chi connectivity index (χ0) is 21.7. The molecule has 2 amide bonds.